The number of aliphatic hydroxyl groups is 1. The van der Waals surface area contributed by atoms with Crippen molar-refractivity contribution in [3.8, 4) is 0 Å². The van der Waals surface area contributed by atoms with Gasteiger partial charge in [-0.3, -0.25) is 13.9 Å². The first-order valence-electron chi connectivity index (χ1n) is 9.99. The quantitative estimate of drug-likeness (QED) is 0.522. The van der Waals surface area contributed by atoms with Crippen molar-refractivity contribution < 1.29 is 5.11 Å². The van der Waals surface area contributed by atoms with E-state index in [1.807, 2.05) is 29.6 Å². The van der Waals surface area contributed by atoms with E-state index in [-0.39, 0.29) is 29.9 Å². The van der Waals surface area contributed by atoms with E-state index >= 15 is 0 Å². The zero-order chi connectivity index (χ0) is 21.0. The zero-order valence-electron chi connectivity index (χ0n) is 16.8. The maximum Gasteiger partial charge on any atom is 0.332 e. The second-order valence-corrected chi connectivity index (χ2v) is 8.95. The lowest BCUT2D eigenvalue weighted by Crippen LogP contribution is -2.39. The molecule has 1 aliphatic carbocycles. The molecule has 8 nitrogen and oxygen atoms in total. The fraction of sp³-hybridized carbons (Fsp3) is 0.381. The molecule has 9 heteroatoms. The van der Waals surface area contributed by atoms with Gasteiger partial charge >= 0.3 is 5.69 Å². The van der Waals surface area contributed by atoms with Crippen LogP contribution in [0.5, 0.6) is 0 Å². The number of aliphatic hydroxyl groups excluding tert-OH is 1. The number of anilines is 1. The van der Waals surface area contributed by atoms with Crippen LogP contribution >= 0.6 is 11.3 Å². The molecule has 0 unspecified atom stereocenters. The Bertz CT molecular complexity index is 1380. The van der Waals surface area contributed by atoms with Crippen LogP contribution in [0.3, 0.4) is 0 Å². The summed E-state index contributed by atoms with van der Waals surface area (Å²) in [6, 6.07) is 8.13. The van der Waals surface area contributed by atoms with Crippen LogP contribution in [0.25, 0.3) is 21.3 Å². The lowest BCUT2D eigenvalue weighted by Gasteiger charge is -2.12. The summed E-state index contributed by atoms with van der Waals surface area (Å²) in [5, 5.41) is 16.2. The SMILES string of the molecule is Cn1c(N[C@@H]2CC[C@@H](O)C2)nc2c1c(=O)n(Cc1ccc3sccc3c1)c(=O)n2C. The Hall–Kier alpha value is -2.91. The van der Waals surface area contributed by atoms with Gasteiger partial charge in [-0.25, -0.2) is 4.79 Å². The average Bonchev–Trinajstić information content (AvgIpc) is 3.43. The van der Waals surface area contributed by atoms with Crippen LogP contribution in [0.15, 0.2) is 39.2 Å². The number of hydrogen-bond acceptors (Lipinski definition) is 6. The maximum absolute atomic E-state index is 13.3. The molecular formula is C21H23N5O3S. The van der Waals surface area contributed by atoms with Gasteiger partial charge in [0.05, 0.1) is 12.6 Å². The molecule has 0 radical (unpaired) electrons. The number of rotatable bonds is 4. The first-order valence-corrected chi connectivity index (χ1v) is 10.9. The highest BCUT2D eigenvalue weighted by molar-refractivity contribution is 7.17. The molecule has 1 saturated carbocycles. The van der Waals surface area contributed by atoms with Gasteiger partial charge in [-0.15, -0.1) is 11.3 Å². The lowest BCUT2D eigenvalue weighted by molar-refractivity contribution is 0.182. The van der Waals surface area contributed by atoms with Crippen molar-refractivity contribution in [2.75, 3.05) is 5.32 Å². The number of hydrogen-bond donors (Lipinski definition) is 2. The summed E-state index contributed by atoms with van der Waals surface area (Å²) < 4.78 is 5.57. The Kier molecular flexibility index (Phi) is 4.52. The van der Waals surface area contributed by atoms with Gasteiger partial charge in [0.15, 0.2) is 11.2 Å². The number of imidazole rings is 1. The molecule has 1 aromatic carbocycles. The van der Waals surface area contributed by atoms with Crippen molar-refractivity contribution in [3.05, 3.63) is 56.0 Å². The van der Waals surface area contributed by atoms with Gasteiger partial charge in [0.25, 0.3) is 5.56 Å². The summed E-state index contributed by atoms with van der Waals surface area (Å²) in [5.74, 6) is 0.536. The molecule has 5 rings (SSSR count). The molecule has 4 aromatic rings. The summed E-state index contributed by atoms with van der Waals surface area (Å²) in [4.78, 5) is 30.7. The molecule has 3 aromatic heterocycles. The van der Waals surface area contributed by atoms with Crippen LogP contribution in [0.4, 0.5) is 5.95 Å². The second kappa shape index (κ2) is 7.10. The van der Waals surface area contributed by atoms with Gasteiger partial charge in [-0.2, -0.15) is 4.98 Å². The Labute approximate surface area is 176 Å². The standard InChI is InChI=1S/C21H23N5O3S/c1-24-17-18(23-20(24)22-14-4-5-15(27)10-14)25(2)21(29)26(19(17)28)11-12-3-6-16-13(9-12)7-8-30-16/h3,6-9,14-15,27H,4-5,10-11H2,1-2H3,(H,22,23)/t14-,15-/m1/s1. The Morgan fingerprint density at radius 2 is 2.03 bits per heavy atom. The Morgan fingerprint density at radius 1 is 1.20 bits per heavy atom. The van der Waals surface area contributed by atoms with Gasteiger partial charge in [0.2, 0.25) is 5.95 Å². The minimum atomic E-state index is -0.390. The Morgan fingerprint density at radius 3 is 2.80 bits per heavy atom. The molecule has 0 aliphatic heterocycles. The number of aromatic nitrogens is 4. The molecular weight excluding hydrogens is 402 g/mol. The van der Waals surface area contributed by atoms with Crippen LogP contribution in [0.1, 0.15) is 24.8 Å². The molecule has 2 N–H and O–H groups in total. The minimum absolute atomic E-state index is 0.104. The van der Waals surface area contributed by atoms with Crippen molar-refractivity contribution in [3.63, 3.8) is 0 Å². The van der Waals surface area contributed by atoms with E-state index in [1.165, 1.54) is 13.8 Å². The minimum Gasteiger partial charge on any atom is -0.393 e. The van der Waals surface area contributed by atoms with E-state index in [0.717, 1.165) is 23.8 Å². The van der Waals surface area contributed by atoms with Gasteiger partial charge < -0.3 is 15.0 Å². The van der Waals surface area contributed by atoms with Crippen LogP contribution in [0.2, 0.25) is 0 Å². The van der Waals surface area contributed by atoms with Gasteiger partial charge in [-0.1, -0.05) is 6.07 Å². The number of aryl methyl sites for hydroxylation is 2. The van der Waals surface area contributed by atoms with Crippen molar-refractivity contribution in [1.82, 2.24) is 18.7 Å². The Balaban J connectivity index is 1.58. The maximum atomic E-state index is 13.3. The van der Waals surface area contributed by atoms with Gasteiger partial charge in [0.1, 0.15) is 0 Å². The molecule has 156 valence electrons. The number of fused-ring (bicyclic) bond motifs is 2. The molecule has 0 spiro atoms. The molecule has 0 amide bonds. The zero-order valence-corrected chi connectivity index (χ0v) is 17.6. The molecule has 30 heavy (non-hydrogen) atoms. The fourth-order valence-electron chi connectivity index (χ4n) is 4.28. The molecule has 1 fully saturated rings. The first-order chi connectivity index (χ1) is 14.4. The van der Waals surface area contributed by atoms with Crippen molar-refractivity contribution in [1.29, 1.82) is 0 Å². The largest absolute Gasteiger partial charge is 0.393 e. The highest BCUT2D eigenvalue weighted by Gasteiger charge is 2.25. The van der Waals surface area contributed by atoms with E-state index in [9.17, 15) is 14.7 Å². The fourth-order valence-corrected chi connectivity index (χ4v) is 5.05. The summed E-state index contributed by atoms with van der Waals surface area (Å²) in [6.45, 7) is 0.204. The highest BCUT2D eigenvalue weighted by Crippen LogP contribution is 2.24. The third-order valence-electron chi connectivity index (χ3n) is 5.96. The topological polar surface area (TPSA) is 94.1 Å². The van der Waals surface area contributed by atoms with Crippen LogP contribution in [-0.2, 0) is 20.6 Å². The molecule has 3 heterocycles. The van der Waals surface area contributed by atoms with E-state index in [4.69, 9.17) is 0 Å². The van der Waals surface area contributed by atoms with E-state index < -0.39 is 0 Å². The monoisotopic (exact) mass is 425 g/mol. The van der Waals surface area contributed by atoms with Crippen LogP contribution in [-0.4, -0.2) is 35.9 Å². The second-order valence-electron chi connectivity index (χ2n) is 8.00. The van der Waals surface area contributed by atoms with E-state index in [1.54, 1.807) is 30.0 Å². The molecule has 1 aliphatic rings. The number of benzene rings is 1. The van der Waals surface area contributed by atoms with E-state index in [0.29, 0.717) is 23.5 Å². The predicted molar refractivity (Wildman–Crippen MR) is 118 cm³/mol. The highest BCUT2D eigenvalue weighted by atomic mass is 32.1. The summed E-state index contributed by atoms with van der Waals surface area (Å²) >= 11 is 1.66. The van der Waals surface area contributed by atoms with Crippen LogP contribution in [0, 0.1) is 0 Å². The van der Waals surface area contributed by atoms with Crippen molar-refractivity contribution in [2.45, 2.75) is 38.0 Å². The van der Waals surface area contributed by atoms with Gasteiger partial charge in [0, 0.05) is 24.8 Å². The van der Waals surface area contributed by atoms with E-state index in [2.05, 4.69) is 10.3 Å². The average molecular weight is 426 g/mol. The third-order valence-corrected chi connectivity index (χ3v) is 6.85. The smallest absolute Gasteiger partial charge is 0.332 e. The first kappa shape index (κ1) is 19.1. The van der Waals surface area contributed by atoms with Crippen molar-refractivity contribution in [2.24, 2.45) is 14.1 Å². The van der Waals surface area contributed by atoms with Gasteiger partial charge in [-0.05, 0) is 53.8 Å². The normalized spacial score (nSPS) is 19.2. The number of nitrogens with zero attached hydrogens (tertiary/aromatic N) is 4. The summed E-state index contributed by atoms with van der Waals surface area (Å²) in [5.41, 5.74) is 0.902. The van der Waals surface area contributed by atoms with Crippen molar-refractivity contribution >= 4 is 38.5 Å². The number of thiophene rings is 1. The predicted octanol–water partition coefficient (Wildman–Crippen LogP) is 2.02. The summed E-state index contributed by atoms with van der Waals surface area (Å²) in [6.07, 6.45) is 1.94. The molecule has 0 bridgehead atoms. The molecule has 2 atom stereocenters. The number of nitrogens with one attached hydrogen (secondary N) is 1. The summed E-state index contributed by atoms with van der Waals surface area (Å²) in [7, 11) is 3.41. The lowest BCUT2D eigenvalue weighted by atomic mass is 10.1. The molecule has 0 saturated heterocycles. The van der Waals surface area contributed by atoms with Crippen LogP contribution < -0.4 is 16.6 Å². The third kappa shape index (κ3) is 3.05.